The second-order valence-electron chi connectivity index (χ2n) is 3.68. The number of nitrogens with two attached hydrogens (primary N) is 1. The summed E-state index contributed by atoms with van der Waals surface area (Å²) in [6.07, 6.45) is 0. The van der Waals surface area contributed by atoms with Crippen LogP contribution < -0.4 is 5.73 Å². The summed E-state index contributed by atoms with van der Waals surface area (Å²) >= 11 is 0. The molecule has 0 aromatic heterocycles. The number of fused-ring (bicyclic) bond motifs is 2. The molecule has 71 valence electrons. The number of nitrogen functional groups attached to an aromatic ring is 1. The fraction of sp³-hybridized carbons (Fsp3) is 0. The van der Waals surface area contributed by atoms with Crippen molar-refractivity contribution in [2.75, 3.05) is 5.73 Å². The molecule has 0 heterocycles. The van der Waals surface area contributed by atoms with E-state index in [9.17, 15) is 0 Å². The quantitative estimate of drug-likeness (QED) is 0.429. The maximum Gasteiger partial charge on any atom is 0.0393 e. The highest BCUT2D eigenvalue weighted by molar-refractivity contribution is 6.02. The predicted octanol–water partition coefficient (Wildman–Crippen LogP) is 3.38. The SMILES string of the molecule is Nc1cccc2cc3[c]cccc3cc12. The molecule has 3 aromatic carbocycles. The molecular formula is C14H10N. The average Bonchev–Trinajstić information content (AvgIpc) is 2.27. The van der Waals surface area contributed by atoms with Gasteiger partial charge >= 0.3 is 0 Å². The largest absolute Gasteiger partial charge is 0.398 e. The van der Waals surface area contributed by atoms with Crippen LogP contribution in [0.1, 0.15) is 0 Å². The number of hydrogen-bond acceptors (Lipinski definition) is 1. The molecule has 3 aromatic rings. The predicted molar refractivity (Wildman–Crippen MR) is 64.7 cm³/mol. The Kier molecular flexibility index (Phi) is 1.65. The lowest BCUT2D eigenvalue weighted by molar-refractivity contribution is 1.74. The van der Waals surface area contributed by atoms with Gasteiger partial charge in [0.1, 0.15) is 0 Å². The van der Waals surface area contributed by atoms with Gasteiger partial charge in [-0.3, -0.25) is 0 Å². The molecule has 3 rings (SSSR count). The second kappa shape index (κ2) is 2.99. The van der Waals surface area contributed by atoms with Gasteiger partial charge in [-0.25, -0.2) is 0 Å². The number of hydrogen-bond donors (Lipinski definition) is 1. The van der Waals surface area contributed by atoms with Crippen LogP contribution in [0.15, 0.2) is 48.5 Å². The van der Waals surface area contributed by atoms with Crippen molar-refractivity contribution in [1.29, 1.82) is 0 Å². The molecule has 0 aliphatic carbocycles. The Morgan fingerprint density at radius 1 is 0.933 bits per heavy atom. The van der Waals surface area contributed by atoms with E-state index in [-0.39, 0.29) is 0 Å². The molecule has 0 unspecified atom stereocenters. The molecule has 0 aliphatic rings. The van der Waals surface area contributed by atoms with Crippen LogP contribution >= 0.6 is 0 Å². The van der Waals surface area contributed by atoms with Gasteiger partial charge in [0.05, 0.1) is 0 Å². The van der Waals surface area contributed by atoms with Gasteiger partial charge in [-0.15, -0.1) is 0 Å². The minimum Gasteiger partial charge on any atom is -0.398 e. The van der Waals surface area contributed by atoms with Crippen molar-refractivity contribution >= 4 is 27.2 Å². The molecule has 1 nitrogen and oxygen atoms in total. The minimum atomic E-state index is 0.832. The standard InChI is InChI=1S/C14H10N/c15-14-7-3-6-12-8-10-4-1-2-5-11(10)9-13(12)14/h1-3,5-9H,15H2. The van der Waals surface area contributed by atoms with Crippen LogP contribution in [0.25, 0.3) is 21.5 Å². The number of rotatable bonds is 0. The van der Waals surface area contributed by atoms with Crippen LogP contribution in [0, 0.1) is 6.07 Å². The third-order valence-corrected chi connectivity index (χ3v) is 2.70. The van der Waals surface area contributed by atoms with E-state index in [4.69, 9.17) is 5.73 Å². The van der Waals surface area contributed by atoms with Crippen LogP contribution in [0.4, 0.5) is 5.69 Å². The van der Waals surface area contributed by atoms with Gasteiger partial charge in [0.25, 0.3) is 0 Å². The smallest absolute Gasteiger partial charge is 0.0393 e. The summed E-state index contributed by atoms with van der Waals surface area (Å²) in [5, 5.41) is 4.60. The summed E-state index contributed by atoms with van der Waals surface area (Å²) in [5.41, 5.74) is 6.77. The summed E-state index contributed by atoms with van der Waals surface area (Å²) < 4.78 is 0. The lowest BCUT2D eigenvalue weighted by Crippen LogP contribution is -1.86. The van der Waals surface area contributed by atoms with E-state index in [1.54, 1.807) is 0 Å². The Labute approximate surface area is 88.1 Å². The summed E-state index contributed by atoms with van der Waals surface area (Å²) in [7, 11) is 0. The van der Waals surface area contributed by atoms with Gasteiger partial charge in [0.15, 0.2) is 0 Å². The molecule has 0 amide bonds. The molecule has 1 heteroatoms. The average molecular weight is 192 g/mol. The third-order valence-electron chi connectivity index (χ3n) is 2.70. The Hall–Kier alpha value is -2.02. The highest BCUT2D eigenvalue weighted by Gasteiger charge is 1.99. The maximum absolute atomic E-state index is 5.94. The zero-order valence-corrected chi connectivity index (χ0v) is 8.20. The van der Waals surface area contributed by atoms with Crippen LogP contribution in [0.5, 0.6) is 0 Å². The molecule has 0 fully saturated rings. The van der Waals surface area contributed by atoms with Crippen molar-refractivity contribution in [3.8, 4) is 0 Å². The first-order chi connectivity index (χ1) is 7.34. The van der Waals surface area contributed by atoms with Crippen LogP contribution in [0.3, 0.4) is 0 Å². The van der Waals surface area contributed by atoms with E-state index in [0.29, 0.717) is 0 Å². The van der Waals surface area contributed by atoms with Crippen molar-refractivity contribution in [2.24, 2.45) is 0 Å². The lowest BCUT2D eigenvalue weighted by atomic mass is 10.0. The van der Waals surface area contributed by atoms with E-state index in [1.807, 2.05) is 24.3 Å². The Morgan fingerprint density at radius 2 is 1.80 bits per heavy atom. The summed E-state index contributed by atoms with van der Waals surface area (Å²) in [5.74, 6) is 0. The van der Waals surface area contributed by atoms with Crippen molar-refractivity contribution < 1.29 is 0 Å². The molecule has 0 saturated heterocycles. The van der Waals surface area contributed by atoms with Crippen LogP contribution in [-0.4, -0.2) is 0 Å². The fourth-order valence-corrected chi connectivity index (χ4v) is 1.92. The van der Waals surface area contributed by atoms with E-state index in [0.717, 1.165) is 16.5 Å². The molecule has 0 atom stereocenters. The Balaban J connectivity index is 2.53. The number of benzene rings is 3. The van der Waals surface area contributed by atoms with Crippen LogP contribution in [-0.2, 0) is 0 Å². The fourth-order valence-electron chi connectivity index (χ4n) is 1.92. The van der Waals surface area contributed by atoms with E-state index in [1.165, 1.54) is 10.8 Å². The highest BCUT2D eigenvalue weighted by Crippen LogP contribution is 2.26. The van der Waals surface area contributed by atoms with Crippen molar-refractivity contribution in [1.82, 2.24) is 0 Å². The minimum absolute atomic E-state index is 0.832. The topological polar surface area (TPSA) is 26.0 Å². The monoisotopic (exact) mass is 192 g/mol. The van der Waals surface area contributed by atoms with Gasteiger partial charge in [0.2, 0.25) is 0 Å². The molecule has 0 aliphatic heterocycles. The molecule has 15 heavy (non-hydrogen) atoms. The molecule has 0 saturated carbocycles. The lowest BCUT2D eigenvalue weighted by Gasteiger charge is -2.04. The Morgan fingerprint density at radius 3 is 2.73 bits per heavy atom. The Bertz CT molecular complexity index is 641. The van der Waals surface area contributed by atoms with Crippen molar-refractivity contribution in [2.45, 2.75) is 0 Å². The summed E-state index contributed by atoms with van der Waals surface area (Å²) in [6.45, 7) is 0. The van der Waals surface area contributed by atoms with Gasteiger partial charge in [0, 0.05) is 11.1 Å². The van der Waals surface area contributed by atoms with E-state index < -0.39 is 0 Å². The molecule has 0 bridgehead atoms. The van der Waals surface area contributed by atoms with Gasteiger partial charge in [-0.05, 0) is 40.4 Å². The van der Waals surface area contributed by atoms with Gasteiger partial charge in [-0.2, -0.15) is 0 Å². The zero-order valence-electron chi connectivity index (χ0n) is 8.20. The van der Waals surface area contributed by atoms with Gasteiger partial charge in [-0.1, -0.05) is 30.3 Å². The summed E-state index contributed by atoms with van der Waals surface area (Å²) in [4.78, 5) is 0. The first-order valence-corrected chi connectivity index (χ1v) is 4.93. The molecule has 2 N–H and O–H groups in total. The van der Waals surface area contributed by atoms with E-state index >= 15 is 0 Å². The molecule has 1 radical (unpaired) electrons. The van der Waals surface area contributed by atoms with Crippen molar-refractivity contribution in [3.63, 3.8) is 0 Å². The normalized spacial score (nSPS) is 10.9. The first kappa shape index (κ1) is 8.30. The van der Waals surface area contributed by atoms with Gasteiger partial charge < -0.3 is 5.73 Å². The molecular weight excluding hydrogens is 182 g/mol. The van der Waals surface area contributed by atoms with Crippen molar-refractivity contribution in [3.05, 3.63) is 54.6 Å². The first-order valence-electron chi connectivity index (χ1n) is 4.93. The third kappa shape index (κ3) is 1.24. The molecule has 0 spiro atoms. The maximum atomic E-state index is 5.94. The highest BCUT2D eigenvalue weighted by atomic mass is 14.5. The summed E-state index contributed by atoms with van der Waals surface area (Å²) in [6, 6.07) is 19.5. The number of anilines is 1. The zero-order chi connectivity index (χ0) is 10.3. The van der Waals surface area contributed by atoms with E-state index in [2.05, 4.69) is 30.3 Å². The van der Waals surface area contributed by atoms with Crippen LogP contribution in [0.2, 0.25) is 0 Å². The second-order valence-corrected chi connectivity index (χ2v) is 3.68.